The van der Waals surface area contributed by atoms with Gasteiger partial charge in [0.25, 0.3) is 0 Å². The van der Waals surface area contributed by atoms with Crippen molar-refractivity contribution in [2.45, 2.75) is 19.9 Å². The molecule has 2 rings (SSSR count). The molecule has 1 aromatic rings. The van der Waals surface area contributed by atoms with Crippen molar-refractivity contribution in [1.29, 1.82) is 0 Å². The predicted octanol–water partition coefficient (Wildman–Crippen LogP) is 0.925. The first-order chi connectivity index (χ1) is 12.2. The van der Waals surface area contributed by atoms with Crippen molar-refractivity contribution in [3.63, 3.8) is 0 Å². The van der Waals surface area contributed by atoms with Crippen LogP contribution in [0.15, 0.2) is 23.3 Å². The largest absolute Gasteiger partial charge is 0.379 e. The number of nitrogens with one attached hydrogen (secondary N) is 2. The number of nitrogens with zero attached hydrogens (tertiary/aromatic N) is 4. The van der Waals surface area contributed by atoms with Gasteiger partial charge in [-0.3, -0.25) is 4.90 Å². The maximum absolute atomic E-state index is 5.38. The molecule has 0 aliphatic carbocycles. The van der Waals surface area contributed by atoms with Gasteiger partial charge in [0.05, 0.1) is 19.8 Å². The molecule has 2 heterocycles. The summed E-state index contributed by atoms with van der Waals surface area (Å²) in [7, 11) is 3.99. The summed E-state index contributed by atoms with van der Waals surface area (Å²) in [5.41, 5.74) is 1.16. The predicted molar refractivity (Wildman–Crippen MR) is 103 cm³/mol. The minimum Gasteiger partial charge on any atom is -0.379 e. The zero-order valence-electron chi connectivity index (χ0n) is 15.8. The van der Waals surface area contributed by atoms with Crippen LogP contribution in [-0.2, 0) is 11.3 Å². The van der Waals surface area contributed by atoms with Crippen LogP contribution >= 0.6 is 0 Å². The number of aliphatic imine (C=N–C) groups is 1. The highest BCUT2D eigenvalue weighted by Gasteiger charge is 2.09. The summed E-state index contributed by atoms with van der Waals surface area (Å²) < 4.78 is 5.38. The molecule has 1 fully saturated rings. The quantitative estimate of drug-likeness (QED) is 0.414. The molecule has 140 valence electrons. The smallest absolute Gasteiger partial charge is 0.191 e. The third kappa shape index (κ3) is 7.27. The summed E-state index contributed by atoms with van der Waals surface area (Å²) in [6.45, 7) is 9.42. The monoisotopic (exact) mass is 348 g/mol. The van der Waals surface area contributed by atoms with Crippen molar-refractivity contribution in [2.24, 2.45) is 4.99 Å². The highest BCUT2D eigenvalue weighted by atomic mass is 16.5. The van der Waals surface area contributed by atoms with E-state index in [1.54, 1.807) is 0 Å². The van der Waals surface area contributed by atoms with Crippen molar-refractivity contribution >= 4 is 11.8 Å². The van der Waals surface area contributed by atoms with Crippen LogP contribution in [0.3, 0.4) is 0 Å². The molecule has 2 N–H and O–H groups in total. The molecule has 1 saturated heterocycles. The van der Waals surface area contributed by atoms with E-state index in [9.17, 15) is 0 Å². The number of rotatable bonds is 8. The molecule has 0 aromatic carbocycles. The van der Waals surface area contributed by atoms with E-state index in [-0.39, 0.29) is 0 Å². The Morgan fingerprint density at radius 2 is 2.12 bits per heavy atom. The third-order valence-electron chi connectivity index (χ3n) is 4.08. The lowest BCUT2D eigenvalue weighted by Crippen LogP contribution is -2.40. The maximum atomic E-state index is 5.38. The number of ether oxygens (including phenoxy) is 1. The van der Waals surface area contributed by atoms with Crippen LogP contribution in [0, 0.1) is 0 Å². The van der Waals surface area contributed by atoms with E-state index in [1.807, 2.05) is 31.3 Å². The number of morpholine rings is 1. The molecule has 0 spiro atoms. The highest BCUT2D eigenvalue weighted by Crippen LogP contribution is 2.10. The molecule has 25 heavy (non-hydrogen) atoms. The minimum atomic E-state index is 0.641. The fourth-order valence-corrected chi connectivity index (χ4v) is 2.65. The van der Waals surface area contributed by atoms with Gasteiger partial charge in [0.1, 0.15) is 5.82 Å². The minimum absolute atomic E-state index is 0.641. The van der Waals surface area contributed by atoms with Gasteiger partial charge in [-0.2, -0.15) is 0 Å². The second-order valence-electron chi connectivity index (χ2n) is 6.35. The standard InChI is InChI=1S/C18H32N6O/c1-4-19-18(21-7-5-9-24-10-12-25-13-11-24)22-15-16-6-8-20-17(14-16)23(2)3/h6,8,14H,4-5,7,9-13,15H2,1-3H3,(H2,19,21,22). The average Bonchev–Trinajstić information content (AvgIpc) is 2.64. The zero-order valence-corrected chi connectivity index (χ0v) is 15.8. The molecule has 0 atom stereocenters. The van der Waals surface area contributed by atoms with Crippen molar-refractivity contribution in [3.8, 4) is 0 Å². The van der Waals surface area contributed by atoms with Crippen LogP contribution in [0.5, 0.6) is 0 Å². The van der Waals surface area contributed by atoms with Crippen LogP contribution in [0.4, 0.5) is 5.82 Å². The normalized spacial score (nSPS) is 15.9. The molecule has 1 aliphatic heterocycles. The van der Waals surface area contributed by atoms with E-state index in [2.05, 4.69) is 38.5 Å². The molecule has 0 radical (unpaired) electrons. The first kappa shape index (κ1) is 19.5. The first-order valence-corrected chi connectivity index (χ1v) is 9.13. The van der Waals surface area contributed by atoms with Gasteiger partial charge in [0.2, 0.25) is 0 Å². The van der Waals surface area contributed by atoms with Crippen molar-refractivity contribution in [1.82, 2.24) is 20.5 Å². The van der Waals surface area contributed by atoms with Crippen LogP contribution in [-0.4, -0.2) is 75.9 Å². The van der Waals surface area contributed by atoms with E-state index >= 15 is 0 Å². The number of anilines is 1. The number of hydrogen-bond donors (Lipinski definition) is 2. The van der Waals surface area contributed by atoms with E-state index in [0.717, 1.165) is 69.7 Å². The Labute approximate surface area is 151 Å². The number of aromatic nitrogens is 1. The van der Waals surface area contributed by atoms with E-state index in [1.165, 1.54) is 0 Å². The number of pyridine rings is 1. The van der Waals surface area contributed by atoms with Crippen LogP contribution < -0.4 is 15.5 Å². The van der Waals surface area contributed by atoms with Gasteiger partial charge in [0.15, 0.2) is 5.96 Å². The summed E-state index contributed by atoms with van der Waals surface area (Å²) in [5.74, 6) is 1.82. The summed E-state index contributed by atoms with van der Waals surface area (Å²) in [4.78, 5) is 13.5. The van der Waals surface area contributed by atoms with Crippen LogP contribution in [0.2, 0.25) is 0 Å². The molecule has 7 nitrogen and oxygen atoms in total. The summed E-state index contributed by atoms with van der Waals surface area (Å²) in [6.07, 6.45) is 2.94. The molecule has 1 aliphatic rings. The van der Waals surface area contributed by atoms with Gasteiger partial charge in [0, 0.05) is 46.5 Å². The molecule has 0 saturated carbocycles. The highest BCUT2D eigenvalue weighted by molar-refractivity contribution is 5.79. The van der Waals surface area contributed by atoms with E-state index in [0.29, 0.717) is 6.54 Å². The van der Waals surface area contributed by atoms with E-state index < -0.39 is 0 Å². The molecular weight excluding hydrogens is 316 g/mol. The fourth-order valence-electron chi connectivity index (χ4n) is 2.65. The molecule has 0 amide bonds. The first-order valence-electron chi connectivity index (χ1n) is 9.13. The molecule has 0 unspecified atom stereocenters. The fraction of sp³-hybridized carbons (Fsp3) is 0.667. The number of hydrogen-bond acceptors (Lipinski definition) is 5. The van der Waals surface area contributed by atoms with Gasteiger partial charge < -0.3 is 20.3 Å². The molecule has 7 heteroatoms. The summed E-state index contributed by atoms with van der Waals surface area (Å²) >= 11 is 0. The van der Waals surface area contributed by atoms with E-state index in [4.69, 9.17) is 4.74 Å². The second kappa shape index (κ2) is 10.9. The van der Waals surface area contributed by atoms with Crippen LogP contribution in [0.1, 0.15) is 18.9 Å². The van der Waals surface area contributed by atoms with Crippen molar-refractivity contribution in [3.05, 3.63) is 23.9 Å². The van der Waals surface area contributed by atoms with Gasteiger partial charge >= 0.3 is 0 Å². The Bertz CT molecular complexity index is 528. The summed E-state index contributed by atoms with van der Waals surface area (Å²) in [6, 6.07) is 4.09. The maximum Gasteiger partial charge on any atom is 0.191 e. The molecule has 1 aromatic heterocycles. The Balaban J connectivity index is 1.78. The molecule has 0 bridgehead atoms. The molecular formula is C18H32N6O. The second-order valence-corrected chi connectivity index (χ2v) is 6.35. The lowest BCUT2D eigenvalue weighted by molar-refractivity contribution is 0.0376. The van der Waals surface area contributed by atoms with Gasteiger partial charge in [-0.25, -0.2) is 9.98 Å². The van der Waals surface area contributed by atoms with Gasteiger partial charge in [-0.1, -0.05) is 0 Å². The lowest BCUT2D eigenvalue weighted by atomic mass is 10.2. The van der Waals surface area contributed by atoms with Crippen molar-refractivity contribution < 1.29 is 4.74 Å². The number of guanidine groups is 1. The Kier molecular flexibility index (Phi) is 8.48. The SMILES string of the molecule is CCNC(=NCc1ccnc(N(C)C)c1)NCCCN1CCOCC1. The Morgan fingerprint density at radius 1 is 1.32 bits per heavy atom. The zero-order chi connectivity index (χ0) is 17.9. The average molecular weight is 348 g/mol. The Hall–Kier alpha value is -1.86. The summed E-state index contributed by atoms with van der Waals surface area (Å²) in [5, 5.41) is 6.73. The van der Waals surface area contributed by atoms with Crippen molar-refractivity contribution in [2.75, 3.05) is 64.9 Å². The van der Waals surface area contributed by atoms with Crippen LogP contribution in [0.25, 0.3) is 0 Å². The van der Waals surface area contributed by atoms with Gasteiger partial charge in [-0.05, 0) is 37.6 Å². The third-order valence-corrected chi connectivity index (χ3v) is 4.08. The Morgan fingerprint density at radius 3 is 2.84 bits per heavy atom. The van der Waals surface area contributed by atoms with Gasteiger partial charge in [-0.15, -0.1) is 0 Å². The lowest BCUT2D eigenvalue weighted by Gasteiger charge is -2.26. The topological polar surface area (TPSA) is 65.0 Å².